The molecule has 0 unspecified atom stereocenters. The SMILES string of the molecule is c1ccc2c(c1)CC(Nc1ccc3cn[nH]c3c1)C2. The number of hydrogen-bond acceptors (Lipinski definition) is 2. The fraction of sp³-hybridized carbons (Fsp3) is 0.188. The van der Waals surface area contributed by atoms with Crippen molar-refractivity contribution in [1.29, 1.82) is 0 Å². The zero-order valence-electron chi connectivity index (χ0n) is 10.6. The van der Waals surface area contributed by atoms with Crippen LogP contribution < -0.4 is 5.32 Å². The van der Waals surface area contributed by atoms with E-state index in [1.54, 1.807) is 0 Å². The van der Waals surface area contributed by atoms with Crippen molar-refractivity contribution >= 4 is 16.6 Å². The van der Waals surface area contributed by atoms with E-state index >= 15 is 0 Å². The number of rotatable bonds is 2. The van der Waals surface area contributed by atoms with E-state index in [4.69, 9.17) is 0 Å². The van der Waals surface area contributed by atoms with Crippen LogP contribution in [-0.4, -0.2) is 16.2 Å². The molecule has 0 atom stereocenters. The summed E-state index contributed by atoms with van der Waals surface area (Å²) in [7, 11) is 0. The number of aromatic amines is 1. The topological polar surface area (TPSA) is 40.7 Å². The van der Waals surface area contributed by atoms with Crippen molar-refractivity contribution in [3.8, 4) is 0 Å². The highest BCUT2D eigenvalue weighted by Gasteiger charge is 2.20. The Hall–Kier alpha value is -2.29. The van der Waals surface area contributed by atoms with Crippen LogP contribution in [0.4, 0.5) is 5.69 Å². The molecular formula is C16H15N3. The van der Waals surface area contributed by atoms with Gasteiger partial charge in [-0.25, -0.2) is 0 Å². The van der Waals surface area contributed by atoms with Crippen molar-refractivity contribution in [2.24, 2.45) is 0 Å². The number of nitrogens with zero attached hydrogens (tertiary/aromatic N) is 1. The summed E-state index contributed by atoms with van der Waals surface area (Å²) in [6.07, 6.45) is 4.07. The number of anilines is 1. The van der Waals surface area contributed by atoms with Gasteiger partial charge in [0.2, 0.25) is 0 Å². The van der Waals surface area contributed by atoms with Gasteiger partial charge >= 0.3 is 0 Å². The van der Waals surface area contributed by atoms with Gasteiger partial charge in [-0.3, -0.25) is 5.10 Å². The lowest BCUT2D eigenvalue weighted by Gasteiger charge is -2.13. The third kappa shape index (κ3) is 1.87. The Morgan fingerprint density at radius 2 is 1.84 bits per heavy atom. The maximum Gasteiger partial charge on any atom is 0.0670 e. The van der Waals surface area contributed by atoms with Gasteiger partial charge in [-0.2, -0.15) is 5.10 Å². The molecule has 2 N–H and O–H groups in total. The summed E-state index contributed by atoms with van der Waals surface area (Å²) in [6, 6.07) is 15.6. The van der Waals surface area contributed by atoms with Crippen LogP contribution in [0.1, 0.15) is 11.1 Å². The van der Waals surface area contributed by atoms with Crippen molar-refractivity contribution in [2.75, 3.05) is 5.32 Å². The Balaban J connectivity index is 1.56. The van der Waals surface area contributed by atoms with E-state index in [0.29, 0.717) is 6.04 Å². The van der Waals surface area contributed by atoms with Crippen LogP contribution in [0.5, 0.6) is 0 Å². The smallest absolute Gasteiger partial charge is 0.0670 e. The summed E-state index contributed by atoms with van der Waals surface area (Å²) in [6.45, 7) is 0. The van der Waals surface area contributed by atoms with Gasteiger partial charge in [0.1, 0.15) is 0 Å². The molecule has 94 valence electrons. The highest BCUT2D eigenvalue weighted by atomic mass is 15.1. The summed E-state index contributed by atoms with van der Waals surface area (Å²) in [4.78, 5) is 0. The Kier molecular flexibility index (Phi) is 2.30. The Bertz CT molecular complexity index is 704. The lowest BCUT2D eigenvalue weighted by atomic mass is 10.1. The van der Waals surface area contributed by atoms with Crippen molar-refractivity contribution in [2.45, 2.75) is 18.9 Å². The highest BCUT2D eigenvalue weighted by Crippen LogP contribution is 2.25. The third-order valence-corrected chi connectivity index (χ3v) is 3.86. The molecule has 1 aromatic heterocycles. The lowest BCUT2D eigenvalue weighted by Crippen LogP contribution is -2.19. The molecule has 0 aliphatic heterocycles. The normalized spacial score (nSPS) is 14.7. The molecule has 3 heteroatoms. The molecule has 2 aromatic carbocycles. The first kappa shape index (κ1) is 10.6. The number of fused-ring (bicyclic) bond motifs is 2. The summed E-state index contributed by atoms with van der Waals surface area (Å²) < 4.78 is 0. The Morgan fingerprint density at radius 3 is 2.63 bits per heavy atom. The number of hydrogen-bond donors (Lipinski definition) is 2. The van der Waals surface area contributed by atoms with Crippen molar-refractivity contribution < 1.29 is 0 Å². The standard InChI is InChI=1S/C16H15N3/c1-2-4-12-8-15(7-11(12)3-1)18-14-6-5-13-10-17-19-16(13)9-14/h1-6,9-10,15,18H,7-8H2,(H,17,19). The van der Waals surface area contributed by atoms with Crippen LogP contribution >= 0.6 is 0 Å². The summed E-state index contributed by atoms with van der Waals surface area (Å²) in [5, 5.41) is 11.8. The number of benzene rings is 2. The molecule has 0 spiro atoms. The predicted octanol–water partition coefficient (Wildman–Crippen LogP) is 3.14. The number of nitrogens with one attached hydrogen (secondary N) is 2. The van der Waals surface area contributed by atoms with Crippen LogP contribution in [0.2, 0.25) is 0 Å². The maximum absolute atomic E-state index is 4.05. The van der Waals surface area contributed by atoms with E-state index in [9.17, 15) is 0 Å². The lowest BCUT2D eigenvalue weighted by molar-refractivity contribution is 0.774. The Morgan fingerprint density at radius 1 is 1.05 bits per heavy atom. The van der Waals surface area contributed by atoms with Crippen molar-refractivity contribution in [3.05, 3.63) is 59.8 Å². The van der Waals surface area contributed by atoms with Gasteiger partial charge in [-0.1, -0.05) is 24.3 Å². The van der Waals surface area contributed by atoms with Gasteiger partial charge in [0.15, 0.2) is 0 Å². The first-order valence-electron chi connectivity index (χ1n) is 6.65. The molecular weight excluding hydrogens is 234 g/mol. The molecule has 3 nitrogen and oxygen atoms in total. The third-order valence-electron chi connectivity index (χ3n) is 3.86. The van der Waals surface area contributed by atoms with Crippen LogP contribution in [-0.2, 0) is 12.8 Å². The van der Waals surface area contributed by atoms with Gasteiger partial charge in [-0.15, -0.1) is 0 Å². The monoisotopic (exact) mass is 249 g/mol. The van der Waals surface area contributed by atoms with Crippen LogP contribution in [0.15, 0.2) is 48.7 Å². The van der Waals surface area contributed by atoms with Gasteiger partial charge in [-0.05, 0) is 42.2 Å². The van der Waals surface area contributed by atoms with Crippen LogP contribution in [0.25, 0.3) is 10.9 Å². The van der Waals surface area contributed by atoms with Crippen LogP contribution in [0.3, 0.4) is 0 Å². The van der Waals surface area contributed by atoms with E-state index in [1.165, 1.54) is 11.1 Å². The molecule has 1 heterocycles. The van der Waals surface area contributed by atoms with Gasteiger partial charge < -0.3 is 5.32 Å². The minimum absolute atomic E-state index is 0.498. The van der Waals surface area contributed by atoms with E-state index in [0.717, 1.165) is 29.4 Å². The van der Waals surface area contributed by atoms with Gasteiger partial charge in [0.05, 0.1) is 11.7 Å². The zero-order chi connectivity index (χ0) is 12.7. The van der Waals surface area contributed by atoms with Crippen LogP contribution in [0, 0.1) is 0 Å². The van der Waals surface area contributed by atoms with Gasteiger partial charge in [0, 0.05) is 17.1 Å². The molecule has 1 aliphatic rings. The zero-order valence-corrected chi connectivity index (χ0v) is 10.6. The summed E-state index contributed by atoms with van der Waals surface area (Å²) in [5.74, 6) is 0. The molecule has 0 radical (unpaired) electrons. The number of H-pyrrole nitrogens is 1. The predicted molar refractivity (Wildman–Crippen MR) is 77.4 cm³/mol. The fourth-order valence-electron chi connectivity index (χ4n) is 2.92. The maximum atomic E-state index is 4.05. The first-order valence-corrected chi connectivity index (χ1v) is 6.65. The average molecular weight is 249 g/mol. The second-order valence-electron chi connectivity index (χ2n) is 5.19. The molecule has 0 fully saturated rings. The molecule has 19 heavy (non-hydrogen) atoms. The molecule has 0 bridgehead atoms. The Labute approximate surface area is 111 Å². The molecule has 0 amide bonds. The average Bonchev–Trinajstić information content (AvgIpc) is 3.03. The summed E-state index contributed by atoms with van der Waals surface area (Å²) in [5.41, 5.74) is 5.19. The molecule has 0 saturated heterocycles. The minimum Gasteiger partial charge on any atom is -0.382 e. The number of aromatic nitrogens is 2. The highest BCUT2D eigenvalue weighted by molar-refractivity contribution is 5.81. The van der Waals surface area contributed by atoms with E-state index < -0.39 is 0 Å². The molecule has 3 aromatic rings. The quantitative estimate of drug-likeness (QED) is 0.732. The molecule has 0 saturated carbocycles. The largest absolute Gasteiger partial charge is 0.382 e. The van der Waals surface area contributed by atoms with E-state index in [1.807, 2.05) is 6.20 Å². The molecule has 4 rings (SSSR count). The van der Waals surface area contributed by atoms with Gasteiger partial charge in [0.25, 0.3) is 0 Å². The first-order chi connectivity index (χ1) is 9.38. The minimum atomic E-state index is 0.498. The van der Waals surface area contributed by atoms with E-state index in [-0.39, 0.29) is 0 Å². The fourth-order valence-corrected chi connectivity index (χ4v) is 2.92. The van der Waals surface area contributed by atoms with E-state index in [2.05, 4.69) is 58.0 Å². The van der Waals surface area contributed by atoms with Crippen molar-refractivity contribution in [3.63, 3.8) is 0 Å². The molecule has 1 aliphatic carbocycles. The second kappa shape index (κ2) is 4.12. The summed E-state index contributed by atoms with van der Waals surface area (Å²) >= 11 is 0. The van der Waals surface area contributed by atoms with Crippen molar-refractivity contribution in [1.82, 2.24) is 10.2 Å². The second-order valence-corrected chi connectivity index (χ2v) is 5.19.